The first-order valence-corrected chi connectivity index (χ1v) is 7.17. The average Bonchev–Trinajstić information content (AvgIpc) is 3.17. The first-order chi connectivity index (χ1) is 10.7. The summed E-state index contributed by atoms with van der Waals surface area (Å²) in [6, 6.07) is 10.8. The lowest BCUT2D eigenvalue weighted by Gasteiger charge is -2.06. The Morgan fingerprint density at radius 2 is 2.18 bits per heavy atom. The minimum atomic E-state index is -0.381. The van der Waals surface area contributed by atoms with Crippen LogP contribution >= 0.6 is 0 Å². The third kappa shape index (κ3) is 3.03. The van der Waals surface area contributed by atoms with Crippen LogP contribution in [0, 0.1) is 5.92 Å². The van der Waals surface area contributed by atoms with E-state index in [2.05, 4.69) is 10.1 Å². The minimum Gasteiger partial charge on any atom is -0.469 e. The summed E-state index contributed by atoms with van der Waals surface area (Å²) >= 11 is 0. The lowest BCUT2D eigenvalue weighted by molar-refractivity contribution is -0.122. The average molecular weight is 299 g/mol. The van der Waals surface area contributed by atoms with Gasteiger partial charge >= 0.3 is 5.97 Å². The molecular formula is C17H17NO4. The standard InChI is InChI=1S/C17H17NO4/c1-21-17(20)12-5-2-4-11(8-12)10-18-16(19)14-9-13(14)15-6-3-7-22-15/h2-8,13-14H,9-10H2,1H3,(H,18,19)/t13-,14+/m1/s1. The van der Waals surface area contributed by atoms with E-state index < -0.39 is 0 Å². The summed E-state index contributed by atoms with van der Waals surface area (Å²) in [6.07, 6.45) is 2.45. The quantitative estimate of drug-likeness (QED) is 0.861. The van der Waals surface area contributed by atoms with E-state index in [0.29, 0.717) is 12.1 Å². The van der Waals surface area contributed by atoms with Crippen LogP contribution in [0.1, 0.15) is 34.0 Å². The molecule has 0 radical (unpaired) electrons. The van der Waals surface area contributed by atoms with Crippen LogP contribution in [0.4, 0.5) is 0 Å². The van der Waals surface area contributed by atoms with Crippen LogP contribution in [0.5, 0.6) is 0 Å². The zero-order valence-corrected chi connectivity index (χ0v) is 12.2. The van der Waals surface area contributed by atoms with Gasteiger partial charge in [0.25, 0.3) is 0 Å². The molecule has 1 aromatic heterocycles. The summed E-state index contributed by atoms with van der Waals surface area (Å²) in [5.41, 5.74) is 1.35. The van der Waals surface area contributed by atoms with E-state index in [4.69, 9.17) is 4.42 Å². The van der Waals surface area contributed by atoms with Gasteiger partial charge in [-0.05, 0) is 36.2 Å². The molecule has 1 saturated carbocycles. The molecule has 5 nitrogen and oxygen atoms in total. The Labute approximate surface area is 128 Å². The summed E-state index contributed by atoms with van der Waals surface area (Å²) in [5.74, 6) is 0.678. The van der Waals surface area contributed by atoms with Crippen molar-refractivity contribution in [3.8, 4) is 0 Å². The van der Waals surface area contributed by atoms with Gasteiger partial charge in [-0.3, -0.25) is 4.79 Å². The summed E-state index contributed by atoms with van der Waals surface area (Å²) in [6.45, 7) is 0.394. The zero-order valence-electron chi connectivity index (χ0n) is 12.2. The molecule has 1 aliphatic carbocycles. The number of ether oxygens (including phenoxy) is 1. The van der Waals surface area contributed by atoms with Crippen LogP contribution in [-0.4, -0.2) is 19.0 Å². The van der Waals surface area contributed by atoms with E-state index in [9.17, 15) is 9.59 Å². The molecule has 0 unspecified atom stereocenters. The van der Waals surface area contributed by atoms with Gasteiger partial charge in [-0.15, -0.1) is 0 Å². The fourth-order valence-corrected chi connectivity index (χ4v) is 2.55. The summed E-state index contributed by atoms with van der Waals surface area (Å²) in [4.78, 5) is 23.6. The number of furan rings is 1. The van der Waals surface area contributed by atoms with Crippen LogP contribution in [0.25, 0.3) is 0 Å². The predicted octanol–water partition coefficient (Wildman–Crippen LogP) is 2.49. The number of hydrogen-bond acceptors (Lipinski definition) is 4. The fraction of sp³-hybridized carbons (Fsp3) is 0.294. The number of benzene rings is 1. The Morgan fingerprint density at radius 3 is 2.91 bits per heavy atom. The smallest absolute Gasteiger partial charge is 0.337 e. The summed E-state index contributed by atoms with van der Waals surface area (Å²) in [5, 5.41) is 2.90. The molecular weight excluding hydrogens is 282 g/mol. The van der Waals surface area contributed by atoms with Gasteiger partial charge in [-0.25, -0.2) is 4.79 Å². The molecule has 0 bridgehead atoms. The molecule has 1 heterocycles. The maximum absolute atomic E-state index is 12.1. The number of rotatable bonds is 5. The predicted molar refractivity (Wildman–Crippen MR) is 79.2 cm³/mol. The van der Waals surface area contributed by atoms with Crippen molar-refractivity contribution in [2.24, 2.45) is 5.92 Å². The van der Waals surface area contributed by atoms with Crippen molar-refractivity contribution in [2.45, 2.75) is 18.9 Å². The molecule has 1 aliphatic rings. The van der Waals surface area contributed by atoms with Crippen LogP contribution in [-0.2, 0) is 16.1 Å². The SMILES string of the molecule is COC(=O)c1cccc(CNC(=O)[C@H]2C[C@H]2c2ccco2)c1. The number of carbonyl (C=O) groups excluding carboxylic acids is 2. The number of carbonyl (C=O) groups is 2. The van der Waals surface area contributed by atoms with E-state index in [1.165, 1.54) is 7.11 Å². The Balaban J connectivity index is 1.55. The molecule has 0 aliphatic heterocycles. The number of amides is 1. The maximum Gasteiger partial charge on any atom is 0.337 e. The number of methoxy groups -OCH3 is 1. The van der Waals surface area contributed by atoms with E-state index in [1.807, 2.05) is 18.2 Å². The van der Waals surface area contributed by atoms with Gasteiger partial charge < -0.3 is 14.5 Å². The van der Waals surface area contributed by atoms with Gasteiger partial charge in [0.15, 0.2) is 0 Å². The van der Waals surface area contributed by atoms with Gasteiger partial charge in [0.05, 0.1) is 18.9 Å². The van der Waals surface area contributed by atoms with Crippen LogP contribution in [0.15, 0.2) is 47.1 Å². The second-order valence-electron chi connectivity index (χ2n) is 5.37. The van der Waals surface area contributed by atoms with E-state index in [0.717, 1.165) is 17.7 Å². The van der Waals surface area contributed by atoms with Gasteiger partial charge in [0.1, 0.15) is 5.76 Å². The summed E-state index contributed by atoms with van der Waals surface area (Å²) < 4.78 is 10.0. The fourth-order valence-electron chi connectivity index (χ4n) is 2.55. The highest BCUT2D eigenvalue weighted by Crippen LogP contribution is 2.47. The van der Waals surface area contributed by atoms with Crippen LogP contribution in [0.2, 0.25) is 0 Å². The lowest BCUT2D eigenvalue weighted by atomic mass is 10.1. The number of hydrogen-bond donors (Lipinski definition) is 1. The van der Waals surface area contributed by atoms with Gasteiger partial charge in [-0.2, -0.15) is 0 Å². The molecule has 0 saturated heterocycles. The molecule has 3 rings (SSSR count). The molecule has 1 fully saturated rings. The normalized spacial score (nSPS) is 19.5. The third-order valence-corrected chi connectivity index (χ3v) is 3.85. The molecule has 22 heavy (non-hydrogen) atoms. The van der Waals surface area contributed by atoms with E-state index >= 15 is 0 Å². The van der Waals surface area contributed by atoms with Gasteiger partial charge in [-0.1, -0.05) is 12.1 Å². The van der Waals surface area contributed by atoms with Crippen molar-refractivity contribution in [1.29, 1.82) is 0 Å². The largest absolute Gasteiger partial charge is 0.469 e. The van der Waals surface area contributed by atoms with Gasteiger partial charge in [0, 0.05) is 18.4 Å². The van der Waals surface area contributed by atoms with Crippen molar-refractivity contribution >= 4 is 11.9 Å². The van der Waals surface area contributed by atoms with E-state index in [1.54, 1.807) is 24.5 Å². The Bertz CT molecular complexity index is 678. The van der Waals surface area contributed by atoms with Crippen molar-refractivity contribution in [3.05, 3.63) is 59.5 Å². The van der Waals surface area contributed by atoms with Crippen molar-refractivity contribution in [2.75, 3.05) is 7.11 Å². The minimum absolute atomic E-state index is 0.0184. The molecule has 5 heteroatoms. The first kappa shape index (κ1) is 14.4. The highest BCUT2D eigenvalue weighted by atomic mass is 16.5. The van der Waals surface area contributed by atoms with Crippen molar-refractivity contribution in [3.63, 3.8) is 0 Å². The summed E-state index contributed by atoms with van der Waals surface area (Å²) in [7, 11) is 1.35. The number of esters is 1. The van der Waals surface area contributed by atoms with Gasteiger partial charge in [0.2, 0.25) is 5.91 Å². The molecule has 1 amide bonds. The Kier molecular flexibility index (Phi) is 3.96. The highest BCUT2D eigenvalue weighted by Gasteiger charge is 2.45. The second-order valence-corrected chi connectivity index (χ2v) is 5.37. The topological polar surface area (TPSA) is 68.5 Å². The lowest BCUT2D eigenvalue weighted by Crippen LogP contribution is -2.25. The van der Waals surface area contributed by atoms with Crippen molar-refractivity contribution < 1.29 is 18.7 Å². The number of nitrogens with one attached hydrogen (secondary N) is 1. The van der Waals surface area contributed by atoms with Crippen LogP contribution < -0.4 is 5.32 Å². The maximum atomic E-state index is 12.1. The Morgan fingerprint density at radius 1 is 1.32 bits per heavy atom. The first-order valence-electron chi connectivity index (χ1n) is 7.17. The van der Waals surface area contributed by atoms with E-state index in [-0.39, 0.29) is 23.7 Å². The third-order valence-electron chi connectivity index (χ3n) is 3.85. The monoisotopic (exact) mass is 299 g/mol. The van der Waals surface area contributed by atoms with Crippen molar-refractivity contribution in [1.82, 2.24) is 5.32 Å². The molecule has 1 aromatic carbocycles. The Hall–Kier alpha value is -2.56. The highest BCUT2D eigenvalue weighted by molar-refractivity contribution is 5.89. The zero-order chi connectivity index (χ0) is 15.5. The molecule has 2 aromatic rings. The molecule has 1 N–H and O–H groups in total. The van der Waals surface area contributed by atoms with Crippen LogP contribution in [0.3, 0.4) is 0 Å². The second kappa shape index (κ2) is 6.05. The molecule has 114 valence electrons. The molecule has 2 atom stereocenters. The molecule has 0 spiro atoms.